The number of carbonyl (C=O) groups is 2. The molecule has 0 aliphatic rings. The van der Waals surface area contributed by atoms with Gasteiger partial charge in [0.2, 0.25) is 10.0 Å². The lowest BCUT2D eigenvalue weighted by Gasteiger charge is -2.12. The van der Waals surface area contributed by atoms with Crippen molar-refractivity contribution in [2.24, 2.45) is 5.14 Å². The fraction of sp³-hybridized carbons (Fsp3) is 0.385. The Morgan fingerprint density at radius 2 is 1.71 bits per heavy atom. The molecule has 8 heteroatoms. The lowest BCUT2D eigenvalue weighted by molar-refractivity contribution is 0.0690. The Morgan fingerprint density at radius 1 is 1.19 bits per heavy atom. The van der Waals surface area contributed by atoms with E-state index in [1.807, 2.05) is 0 Å². The van der Waals surface area contributed by atoms with Crippen LogP contribution in [0.3, 0.4) is 0 Å². The SMILES string of the molecule is Cc1ccc(C)c(C(=O)NCCCS(N)(=O)=O)c1C(=O)O. The minimum absolute atomic E-state index is 0.0426. The van der Waals surface area contributed by atoms with Crippen LogP contribution < -0.4 is 10.5 Å². The summed E-state index contributed by atoms with van der Waals surface area (Å²) in [4.78, 5) is 23.4. The maximum Gasteiger partial charge on any atom is 0.336 e. The molecule has 21 heavy (non-hydrogen) atoms. The highest BCUT2D eigenvalue weighted by atomic mass is 32.2. The van der Waals surface area contributed by atoms with E-state index in [9.17, 15) is 23.1 Å². The van der Waals surface area contributed by atoms with Gasteiger partial charge in [0.15, 0.2) is 0 Å². The monoisotopic (exact) mass is 314 g/mol. The maximum atomic E-state index is 12.1. The van der Waals surface area contributed by atoms with Crippen molar-refractivity contribution in [2.45, 2.75) is 20.3 Å². The number of carboxylic acids is 1. The number of sulfonamides is 1. The first-order valence-corrected chi connectivity index (χ1v) is 7.97. The van der Waals surface area contributed by atoms with Crippen molar-refractivity contribution in [2.75, 3.05) is 12.3 Å². The maximum absolute atomic E-state index is 12.1. The second-order valence-corrected chi connectivity index (χ2v) is 6.46. The quantitative estimate of drug-likeness (QED) is 0.655. The van der Waals surface area contributed by atoms with Crippen LogP contribution in [0.15, 0.2) is 12.1 Å². The lowest BCUT2D eigenvalue weighted by atomic mass is 9.96. The topological polar surface area (TPSA) is 127 Å². The summed E-state index contributed by atoms with van der Waals surface area (Å²) in [6.07, 6.45) is 0.165. The molecule has 1 aromatic rings. The van der Waals surface area contributed by atoms with E-state index in [1.54, 1.807) is 26.0 Å². The van der Waals surface area contributed by atoms with E-state index < -0.39 is 21.9 Å². The van der Waals surface area contributed by atoms with Gasteiger partial charge in [-0.25, -0.2) is 18.4 Å². The molecule has 1 amide bonds. The van der Waals surface area contributed by atoms with Crippen LogP contribution in [-0.2, 0) is 10.0 Å². The van der Waals surface area contributed by atoms with Crippen molar-refractivity contribution in [3.8, 4) is 0 Å². The van der Waals surface area contributed by atoms with E-state index in [0.717, 1.165) is 0 Å². The first-order chi connectivity index (χ1) is 9.63. The predicted octanol–water partition coefficient (Wildman–Crippen LogP) is 0.410. The van der Waals surface area contributed by atoms with E-state index in [-0.39, 0.29) is 29.8 Å². The normalized spacial score (nSPS) is 11.2. The molecule has 4 N–H and O–H groups in total. The molecule has 116 valence electrons. The molecule has 0 aliphatic heterocycles. The summed E-state index contributed by atoms with van der Waals surface area (Å²) < 4.78 is 21.6. The molecular weight excluding hydrogens is 296 g/mol. The Hall–Kier alpha value is -1.93. The van der Waals surface area contributed by atoms with Crippen molar-refractivity contribution < 1.29 is 23.1 Å². The summed E-state index contributed by atoms with van der Waals surface area (Å²) in [5.74, 6) is -1.96. The Morgan fingerprint density at radius 3 is 2.19 bits per heavy atom. The zero-order valence-corrected chi connectivity index (χ0v) is 12.7. The number of nitrogens with two attached hydrogens (primary N) is 1. The third-order valence-electron chi connectivity index (χ3n) is 2.95. The number of aromatic carboxylic acids is 1. The lowest BCUT2D eigenvalue weighted by Crippen LogP contribution is -2.29. The van der Waals surface area contributed by atoms with Crippen molar-refractivity contribution in [3.63, 3.8) is 0 Å². The molecule has 1 rings (SSSR count). The average Bonchev–Trinajstić information content (AvgIpc) is 2.35. The summed E-state index contributed by atoms with van der Waals surface area (Å²) in [7, 11) is -3.57. The van der Waals surface area contributed by atoms with Gasteiger partial charge in [0, 0.05) is 6.54 Å². The molecule has 0 aliphatic carbocycles. The van der Waals surface area contributed by atoms with E-state index in [2.05, 4.69) is 5.32 Å². The summed E-state index contributed by atoms with van der Waals surface area (Å²) in [5.41, 5.74) is 1.08. The van der Waals surface area contributed by atoms with E-state index in [1.165, 1.54) is 0 Å². The molecular formula is C13H18N2O5S. The van der Waals surface area contributed by atoms with Crippen LogP contribution >= 0.6 is 0 Å². The summed E-state index contributed by atoms with van der Waals surface area (Å²) in [5, 5.41) is 16.6. The Kier molecular flexibility index (Phi) is 5.45. The van der Waals surface area contributed by atoms with Gasteiger partial charge in [-0.2, -0.15) is 0 Å². The molecule has 0 unspecified atom stereocenters. The number of primary sulfonamides is 1. The molecule has 0 bridgehead atoms. The van der Waals surface area contributed by atoms with Crippen LogP contribution in [0.2, 0.25) is 0 Å². The summed E-state index contributed by atoms with van der Waals surface area (Å²) >= 11 is 0. The highest BCUT2D eigenvalue weighted by Crippen LogP contribution is 2.18. The molecule has 1 aromatic carbocycles. The first kappa shape index (κ1) is 17.1. The van der Waals surface area contributed by atoms with E-state index in [4.69, 9.17) is 5.14 Å². The molecule has 0 radical (unpaired) electrons. The van der Waals surface area contributed by atoms with Crippen LogP contribution in [0.25, 0.3) is 0 Å². The molecule has 0 fully saturated rings. The number of carbonyl (C=O) groups excluding carboxylic acids is 1. The number of amides is 1. The van der Waals surface area contributed by atoms with Gasteiger partial charge in [0.1, 0.15) is 0 Å². The number of carboxylic acid groups (broad SMARTS) is 1. The van der Waals surface area contributed by atoms with Crippen LogP contribution in [0.5, 0.6) is 0 Å². The predicted molar refractivity (Wildman–Crippen MR) is 77.8 cm³/mol. The van der Waals surface area contributed by atoms with E-state index in [0.29, 0.717) is 11.1 Å². The van der Waals surface area contributed by atoms with Gasteiger partial charge in [-0.1, -0.05) is 12.1 Å². The molecule has 0 aromatic heterocycles. The van der Waals surface area contributed by atoms with Gasteiger partial charge in [-0.15, -0.1) is 0 Å². The third kappa shape index (κ3) is 4.83. The zero-order valence-electron chi connectivity index (χ0n) is 11.8. The highest BCUT2D eigenvalue weighted by Gasteiger charge is 2.20. The largest absolute Gasteiger partial charge is 0.478 e. The number of hydrogen-bond donors (Lipinski definition) is 3. The van der Waals surface area contributed by atoms with Crippen LogP contribution in [-0.4, -0.2) is 37.7 Å². The molecule has 0 heterocycles. The van der Waals surface area contributed by atoms with Crippen LogP contribution in [0, 0.1) is 13.8 Å². The van der Waals surface area contributed by atoms with Crippen LogP contribution in [0.4, 0.5) is 0 Å². The Bertz CT molecular complexity index is 667. The Balaban J connectivity index is 2.88. The first-order valence-electron chi connectivity index (χ1n) is 6.25. The van der Waals surface area contributed by atoms with Gasteiger partial charge in [-0.3, -0.25) is 4.79 Å². The van der Waals surface area contributed by atoms with E-state index >= 15 is 0 Å². The second kappa shape index (κ2) is 6.68. The van der Waals surface area contributed by atoms with Gasteiger partial charge >= 0.3 is 5.97 Å². The molecule has 0 saturated heterocycles. The van der Waals surface area contributed by atoms with Gasteiger partial charge in [-0.05, 0) is 31.4 Å². The van der Waals surface area contributed by atoms with Crippen molar-refractivity contribution in [3.05, 3.63) is 34.4 Å². The molecule has 0 saturated carbocycles. The second-order valence-electron chi connectivity index (χ2n) is 4.73. The number of rotatable bonds is 6. The fourth-order valence-electron chi connectivity index (χ4n) is 1.94. The standard InChI is InChI=1S/C13H18N2O5S/c1-8-4-5-9(2)11(13(17)18)10(8)12(16)15-6-3-7-21(14,19)20/h4-5H,3,6-7H2,1-2H3,(H,15,16)(H,17,18)(H2,14,19,20). The Labute approximate surface area is 123 Å². The van der Waals surface area contributed by atoms with Gasteiger partial charge in [0.25, 0.3) is 5.91 Å². The minimum Gasteiger partial charge on any atom is -0.478 e. The van der Waals surface area contributed by atoms with Crippen LogP contribution in [0.1, 0.15) is 38.3 Å². The smallest absolute Gasteiger partial charge is 0.336 e. The average molecular weight is 314 g/mol. The molecule has 0 atom stereocenters. The number of benzene rings is 1. The molecule has 7 nitrogen and oxygen atoms in total. The molecule has 0 spiro atoms. The third-order valence-corrected chi connectivity index (χ3v) is 3.81. The zero-order chi connectivity index (χ0) is 16.2. The van der Waals surface area contributed by atoms with Crippen molar-refractivity contribution >= 4 is 21.9 Å². The summed E-state index contributed by atoms with van der Waals surface area (Å²) in [6.45, 7) is 3.35. The summed E-state index contributed by atoms with van der Waals surface area (Å²) in [6, 6.07) is 3.30. The minimum atomic E-state index is -3.57. The number of aryl methyl sites for hydroxylation is 2. The van der Waals surface area contributed by atoms with Crippen molar-refractivity contribution in [1.29, 1.82) is 0 Å². The van der Waals surface area contributed by atoms with Gasteiger partial charge < -0.3 is 10.4 Å². The number of nitrogens with one attached hydrogen (secondary N) is 1. The number of hydrogen-bond acceptors (Lipinski definition) is 4. The van der Waals surface area contributed by atoms with Gasteiger partial charge in [0.05, 0.1) is 16.9 Å². The highest BCUT2D eigenvalue weighted by molar-refractivity contribution is 7.89. The van der Waals surface area contributed by atoms with Crippen molar-refractivity contribution in [1.82, 2.24) is 5.32 Å². The fourth-order valence-corrected chi connectivity index (χ4v) is 2.49.